The molecule has 8 nitrogen and oxygen atoms in total. The number of benzene rings is 1. The molecule has 3 N–H and O–H groups in total. The van der Waals surface area contributed by atoms with Crippen LogP contribution in [0.4, 0.5) is 35.3 Å². The van der Waals surface area contributed by atoms with E-state index in [0.29, 0.717) is 50.8 Å². The molecular weight excluding hydrogens is 499 g/mol. The second kappa shape index (κ2) is 11.4. The van der Waals surface area contributed by atoms with E-state index in [0.717, 1.165) is 22.5 Å². The molecule has 0 spiro atoms. The molecule has 2 fully saturated rings. The zero-order valence-corrected chi connectivity index (χ0v) is 22.1. The summed E-state index contributed by atoms with van der Waals surface area (Å²) in [6.45, 7) is 8.69. The van der Waals surface area contributed by atoms with Crippen molar-refractivity contribution in [3.63, 3.8) is 0 Å². The van der Waals surface area contributed by atoms with Crippen LogP contribution in [0.5, 0.6) is 0 Å². The highest BCUT2D eigenvalue weighted by atomic mass is 19.4. The van der Waals surface area contributed by atoms with Gasteiger partial charge < -0.3 is 30.3 Å². The molecule has 0 bridgehead atoms. The molecule has 38 heavy (non-hydrogen) atoms. The zero-order valence-electron chi connectivity index (χ0n) is 22.1. The lowest BCUT2D eigenvalue weighted by Gasteiger charge is -2.30. The van der Waals surface area contributed by atoms with Gasteiger partial charge in [0, 0.05) is 38.3 Å². The van der Waals surface area contributed by atoms with Gasteiger partial charge in [-0.1, -0.05) is 6.07 Å². The highest BCUT2D eigenvalue weighted by Gasteiger charge is 2.36. The number of aromatic nitrogens is 1. The molecule has 2 aliphatic heterocycles. The number of aliphatic hydroxyl groups excluding tert-OH is 1. The summed E-state index contributed by atoms with van der Waals surface area (Å²) < 4.78 is 43.8. The third-order valence-electron chi connectivity index (χ3n) is 6.90. The molecule has 2 amide bonds. The third kappa shape index (κ3) is 7.28. The molecule has 1 unspecified atom stereocenters. The summed E-state index contributed by atoms with van der Waals surface area (Å²) in [7, 11) is 0. The maximum atomic E-state index is 12.8. The van der Waals surface area contributed by atoms with E-state index in [2.05, 4.69) is 15.5 Å². The van der Waals surface area contributed by atoms with Crippen LogP contribution in [-0.4, -0.2) is 78.7 Å². The van der Waals surface area contributed by atoms with E-state index in [1.54, 1.807) is 6.07 Å². The number of likely N-dealkylation sites (tertiary alicyclic amines) is 1. The number of aliphatic hydroxyl groups is 1. The van der Waals surface area contributed by atoms with E-state index >= 15 is 0 Å². The van der Waals surface area contributed by atoms with Gasteiger partial charge in [0.15, 0.2) is 0 Å². The molecule has 2 aliphatic rings. The predicted molar refractivity (Wildman–Crippen MR) is 142 cm³/mol. The van der Waals surface area contributed by atoms with E-state index in [1.807, 2.05) is 45.0 Å². The summed E-state index contributed by atoms with van der Waals surface area (Å²) in [6, 6.07) is 9.07. The number of carbonyl (C=O) groups is 1. The van der Waals surface area contributed by atoms with Gasteiger partial charge in [-0.15, -0.1) is 0 Å². The molecule has 1 aromatic heterocycles. The molecule has 0 saturated carbocycles. The quantitative estimate of drug-likeness (QED) is 0.468. The highest BCUT2D eigenvalue weighted by molar-refractivity contribution is 5.91. The van der Waals surface area contributed by atoms with Crippen LogP contribution in [0.3, 0.4) is 0 Å². The Kier molecular flexibility index (Phi) is 8.37. The minimum absolute atomic E-state index is 0.0767. The maximum Gasteiger partial charge on any atom is 0.389 e. The molecule has 11 heteroatoms. The van der Waals surface area contributed by atoms with Crippen molar-refractivity contribution in [2.45, 2.75) is 45.3 Å². The lowest BCUT2D eigenvalue weighted by Crippen LogP contribution is -2.38. The summed E-state index contributed by atoms with van der Waals surface area (Å²) >= 11 is 0. The fourth-order valence-corrected chi connectivity index (χ4v) is 4.80. The lowest BCUT2D eigenvalue weighted by atomic mass is 9.99. The molecule has 0 radical (unpaired) electrons. The number of rotatable bonds is 7. The number of aryl methyl sites for hydroxylation is 1. The number of hydrogen-bond acceptors (Lipinski definition) is 6. The number of nitrogens with zero attached hydrogens (tertiary/aromatic N) is 3. The Morgan fingerprint density at radius 1 is 1.16 bits per heavy atom. The van der Waals surface area contributed by atoms with Crippen LogP contribution in [0.2, 0.25) is 0 Å². The van der Waals surface area contributed by atoms with E-state index in [4.69, 9.17) is 9.72 Å². The fourth-order valence-electron chi connectivity index (χ4n) is 4.80. The summed E-state index contributed by atoms with van der Waals surface area (Å²) in [5.74, 6) is 0.826. The molecule has 1 atom stereocenters. The maximum absolute atomic E-state index is 12.8. The van der Waals surface area contributed by atoms with Gasteiger partial charge >= 0.3 is 12.2 Å². The van der Waals surface area contributed by atoms with Crippen LogP contribution in [0.1, 0.15) is 32.3 Å². The van der Waals surface area contributed by atoms with Gasteiger partial charge in [0.05, 0.1) is 25.4 Å². The molecule has 2 aromatic rings. The van der Waals surface area contributed by atoms with E-state index in [-0.39, 0.29) is 13.2 Å². The highest BCUT2D eigenvalue weighted by Crippen LogP contribution is 2.33. The first-order valence-corrected chi connectivity index (χ1v) is 12.9. The number of pyridine rings is 1. The summed E-state index contributed by atoms with van der Waals surface area (Å²) in [4.78, 5) is 21.2. The van der Waals surface area contributed by atoms with E-state index in [1.165, 1.54) is 4.90 Å². The zero-order chi connectivity index (χ0) is 27.5. The number of halogens is 3. The fraction of sp³-hybridized carbons (Fsp3) is 0.556. The smallest absolute Gasteiger partial charge is 0.389 e. The van der Waals surface area contributed by atoms with Gasteiger partial charge in [-0.25, -0.2) is 9.78 Å². The number of carbonyl (C=O) groups excluding carboxylic acids is 1. The Bertz CT molecular complexity index is 1140. The summed E-state index contributed by atoms with van der Waals surface area (Å²) in [5, 5.41) is 15.9. The van der Waals surface area contributed by atoms with Crippen LogP contribution >= 0.6 is 0 Å². The van der Waals surface area contributed by atoms with Crippen molar-refractivity contribution in [3.05, 3.63) is 35.9 Å². The number of hydrogen-bond donors (Lipinski definition) is 3. The van der Waals surface area contributed by atoms with Crippen LogP contribution in [0.25, 0.3) is 11.1 Å². The second-order valence-corrected chi connectivity index (χ2v) is 10.7. The number of ether oxygens (including phenoxy) is 1. The minimum atomic E-state index is -4.23. The molecule has 2 saturated heterocycles. The van der Waals surface area contributed by atoms with Crippen LogP contribution in [0, 0.1) is 12.8 Å². The van der Waals surface area contributed by atoms with Crippen molar-refractivity contribution < 1.29 is 27.8 Å². The van der Waals surface area contributed by atoms with Crippen molar-refractivity contribution >= 4 is 23.4 Å². The molecule has 4 rings (SSSR count). The van der Waals surface area contributed by atoms with Gasteiger partial charge in [0.1, 0.15) is 11.6 Å². The molecule has 0 aliphatic carbocycles. The van der Waals surface area contributed by atoms with Crippen LogP contribution in [0.15, 0.2) is 30.3 Å². The van der Waals surface area contributed by atoms with Crippen LogP contribution in [-0.2, 0) is 4.74 Å². The van der Waals surface area contributed by atoms with Crippen molar-refractivity contribution in [1.82, 2.24) is 9.88 Å². The van der Waals surface area contributed by atoms with Crippen LogP contribution < -0.4 is 15.5 Å². The van der Waals surface area contributed by atoms with Crippen molar-refractivity contribution in [2.75, 3.05) is 61.5 Å². The Balaban J connectivity index is 1.57. The Labute approximate surface area is 221 Å². The Morgan fingerprint density at radius 3 is 2.58 bits per heavy atom. The van der Waals surface area contributed by atoms with Gasteiger partial charge in [-0.2, -0.15) is 13.2 Å². The topological polar surface area (TPSA) is 90.0 Å². The molecule has 208 valence electrons. The normalized spacial score (nSPS) is 18.6. The predicted octanol–water partition coefficient (Wildman–Crippen LogP) is 4.88. The van der Waals surface area contributed by atoms with Gasteiger partial charge in [-0.3, -0.25) is 0 Å². The monoisotopic (exact) mass is 535 g/mol. The van der Waals surface area contributed by atoms with Gasteiger partial charge in [0.2, 0.25) is 0 Å². The number of nitrogens with one attached hydrogen (secondary N) is 2. The number of morpholine rings is 1. The number of anilines is 3. The molecule has 1 aromatic carbocycles. The Hall–Kier alpha value is -3.05. The summed E-state index contributed by atoms with van der Waals surface area (Å²) in [6.07, 6.45) is -4.76. The second-order valence-electron chi connectivity index (χ2n) is 10.7. The van der Waals surface area contributed by atoms with Crippen molar-refractivity contribution in [2.24, 2.45) is 5.92 Å². The van der Waals surface area contributed by atoms with E-state index < -0.39 is 30.1 Å². The minimum Gasteiger partial charge on any atom is -0.394 e. The largest absolute Gasteiger partial charge is 0.394 e. The lowest BCUT2D eigenvalue weighted by molar-refractivity contribution is -0.143. The van der Waals surface area contributed by atoms with E-state index in [9.17, 15) is 23.1 Å². The number of alkyl halides is 3. The standard InChI is InChI=1S/C27H36F3N5O3/c1-18-4-5-21(31-25(37)35-7-6-19(16-35)15-27(28,29)30)14-22(18)20-12-23(33-26(2,3)17-36)32-24(13-20)34-8-10-38-11-9-34/h4-5,12-14,19,36H,6-11,15-17H2,1-3H3,(H,31,37)(H,32,33). The van der Waals surface area contributed by atoms with Crippen molar-refractivity contribution in [3.8, 4) is 11.1 Å². The van der Waals surface area contributed by atoms with Gasteiger partial charge in [-0.05, 0) is 74.1 Å². The van der Waals surface area contributed by atoms with Gasteiger partial charge in [0.25, 0.3) is 0 Å². The first kappa shape index (κ1) is 28.0. The summed E-state index contributed by atoms with van der Waals surface area (Å²) in [5.41, 5.74) is 2.74. The number of urea groups is 1. The number of amides is 2. The third-order valence-corrected chi connectivity index (χ3v) is 6.90. The molecular formula is C27H36F3N5O3. The Morgan fingerprint density at radius 2 is 1.89 bits per heavy atom. The average molecular weight is 536 g/mol. The average Bonchev–Trinajstić information content (AvgIpc) is 3.32. The SMILES string of the molecule is Cc1ccc(NC(=O)N2CCC(CC(F)(F)F)C2)cc1-c1cc(NC(C)(C)CO)nc(N2CCOCC2)c1. The molecule has 3 heterocycles. The van der Waals surface area contributed by atoms with Crippen molar-refractivity contribution in [1.29, 1.82) is 0 Å². The first-order valence-electron chi connectivity index (χ1n) is 12.9. The first-order chi connectivity index (χ1) is 17.9.